The molecule has 0 saturated carbocycles. The summed E-state index contributed by atoms with van der Waals surface area (Å²) in [6, 6.07) is 0.179. The summed E-state index contributed by atoms with van der Waals surface area (Å²) < 4.78 is 0. The van der Waals surface area contributed by atoms with Crippen LogP contribution in [0.3, 0.4) is 0 Å². The van der Waals surface area contributed by atoms with Gasteiger partial charge in [-0.3, -0.25) is 9.59 Å². The number of hydrogen-bond donors (Lipinski definition) is 2. The van der Waals surface area contributed by atoms with Crippen molar-refractivity contribution in [3.8, 4) is 12.3 Å². The topological polar surface area (TPSA) is 58.2 Å². The van der Waals surface area contributed by atoms with Crippen molar-refractivity contribution >= 4 is 11.8 Å². The molecule has 2 atom stereocenters. The van der Waals surface area contributed by atoms with Crippen molar-refractivity contribution in [2.45, 2.75) is 64.8 Å². The first-order chi connectivity index (χ1) is 10.5. The molecule has 0 aromatic heterocycles. The molecule has 0 spiro atoms. The lowest BCUT2D eigenvalue weighted by Crippen LogP contribution is -2.31. The number of terminal acetylenes is 1. The largest absolute Gasteiger partial charge is 0.356 e. The van der Waals surface area contributed by atoms with Crippen molar-refractivity contribution in [3.05, 3.63) is 11.6 Å². The van der Waals surface area contributed by atoms with E-state index in [1.807, 2.05) is 13.8 Å². The molecule has 1 rings (SSSR count). The molecular formula is C18H28N2O2. The third-order valence-corrected chi connectivity index (χ3v) is 4.10. The monoisotopic (exact) mass is 304 g/mol. The number of nitrogens with one attached hydrogen (secondary N) is 2. The van der Waals surface area contributed by atoms with Crippen LogP contribution in [0.4, 0.5) is 0 Å². The lowest BCUT2D eigenvalue weighted by Gasteiger charge is -2.14. The van der Waals surface area contributed by atoms with Crippen molar-refractivity contribution in [3.63, 3.8) is 0 Å². The molecule has 2 N–H and O–H groups in total. The lowest BCUT2D eigenvalue weighted by atomic mass is 10.0. The second-order valence-corrected chi connectivity index (χ2v) is 6.09. The Hall–Kier alpha value is -1.76. The molecule has 2 amide bonds. The van der Waals surface area contributed by atoms with Gasteiger partial charge in [0.05, 0.1) is 6.04 Å². The van der Waals surface area contributed by atoms with E-state index in [1.165, 1.54) is 0 Å². The molecule has 1 aliphatic heterocycles. The highest BCUT2D eigenvalue weighted by Gasteiger charge is 2.19. The van der Waals surface area contributed by atoms with Crippen LogP contribution in [-0.4, -0.2) is 24.4 Å². The first-order valence-electron chi connectivity index (χ1n) is 8.24. The fraction of sp³-hybridized carbons (Fsp3) is 0.667. The Balaban J connectivity index is 2.04. The molecule has 0 aromatic carbocycles. The number of carbonyl (C=O) groups is 2. The average molecular weight is 304 g/mol. The average Bonchev–Trinajstić information content (AvgIpc) is 2.80. The van der Waals surface area contributed by atoms with Crippen LogP contribution >= 0.6 is 0 Å². The van der Waals surface area contributed by atoms with Gasteiger partial charge in [0.1, 0.15) is 0 Å². The number of hydrogen-bond acceptors (Lipinski definition) is 2. The van der Waals surface area contributed by atoms with Crippen molar-refractivity contribution in [2.24, 2.45) is 5.92 Å². The maximum Gasteiger partial charge on any atom is 0.244 e. The fourth-order valence-electron chi connectivity index (χ4n) is 2.60. The minimum atomic E-state index is 0.00876. The summed E-state index contributed by atoms with van der Waals surface area (Å²) in [5, 5.41) is 5.91. The van der Waals surface area contributed by atoms with E-state index in [-0.39, 0.29) is 23.8 Å². The Labute approximate surface area is 134 Å². The molecule has 1 heterocycles. The van der Waals surface area contributed by atoms with Gasteiger partial charge < -0.3 is 10.6 Å². The Morgan fingerprint density at radius 3 is 2.82 bits per heavy atom. The summed E-state index contributed by atoms with van der Waals surface area (Å²) in [5.74, 6) is 2.81. The quantitative estimate of drug-likeness (QED) is 0.481. The molecule has 0 unspecified atom stereocenters. The Bertz CT molecular complexity index is 448. The predicted octanol–water partition coefficient (Wildman–Crippen LogP) is 2.55. The fourth-order valence-corrected chi connectivity index (χ4v) is 2.60. The molecule has 0 bridgehead atoms. The molecule has 0 saturated heterocycles. The summed E-state index contributed by atoms with van der Waals surface area (Å²) in [6.45, 7) is 4.65. The Kier molecular flexibility index (Phi) is 8.35. The molecule has 0 aliphatic carbocycles. The van der Waals surface area contributed by atoms with E-state index >= 15 is 0 Å². The van der Waals surface area contributed by atoms with Gasteiger partial charge in [0.2, 0.25) is 11.8 Å². The number of unbranched alkanes of at least 4 members (excludes halogenated alkanes) is 3. The third-order valence-electron chi connectivity index (χ3n) is 4.10. The van der Waals surface area contributed by atoms with Gasteiger partial charge in [-0.05, 0) is 44.6 Å². The second kappa shape index (κ2) is 10.0. The first-order valence-corrected chi connectivity index (χ1v) is 8.24. The molecule has 22 heavy (non-hydrogen) atoms. The van der Waals surface area contributed by atoms with Gasteiger partial charge >= 0.3 is 0 Å². The van der Waals surface area contributed by atoms with Gasteiger partial charge in [0, 0.05) is 25.0 Å². The van der Waals surface area contributed by atoms with Gasteiger partial charge in [-0.2, -0.15) is 0 Å². The van der Waals surface area contributed by atoms with Crippen molar-refractivity contribution in [2.75, 3.05) is 6.54 Å². The number of rotatable bonds is 10. The van der Waals surface area contributed by atoms with Crippen molar-refractivity contribution < 1.29 is 9.59 Å². The summed E-state index contributed by atoms with van der Waals surface area (Å²) in [5.41, 5.74) is 1.11. The van der Waals surface area contributed by atoms with E-state index in [0.717, 1.165) is 50.5 Å². The molecule has 1 aliphatic rings. The molecule has 4 nitrogen and oxygen atoms in total. The zero-order valence-corrected chi connectivity index (χ0v) is 13.8. The molecule has 0 radical (unpaired) electrons. The maximum absolute atomic E-state index is 11.9. The second-order valence-electron chi connectivity index (χ2n) is 6.09. The minimum absolute atomic E-state index is 0.00876. The highest BCUT2D eigenvalue weighted by Crippen LogP contribution is 2.14. The van der Waals surface area contributed by atoms with Crippen molar-refractivity contribution in [1.82, 2.24) is 10.6 Å². The van der Waals surface area contributed by atoms with Crippen LogP contribution in [-0.2, 0) is 9.59 Å². The molecule has 122 valence electrons. The normalized spacial score (nSPS) is 18.3. The van der Waals surface area contributed by atoms with Gasteiger partial charge in [-0.25, -0.2) is 0 Å². The van der Waals surface area contributed by atoms with Crippen LogP contribution in [0, 0.1) is 18.3 Å². The summed E-state index contributed by atoms with van der Waals surface area (Å²) in [4.78, 5) is 23.1. The van der Waals surface area contributed by atoms with E-state index in [9.17, 15) is 9.59 Å². The number of amides is 2. The lowest BCUT2D eigenvalue weighted by molar-refractivity contribution is -0.124. The van der Waals surface area contributed by atoms with Crippen LogP contribution in [0.5, 0.6) is 0 Å². The molecular weight excluding hydrogens is 276 g/mol. The highest BCUT2D eigenvalue weighted by atomic mass is 16.2. The van der Waals surface area contributed by atoms with E-state index in [4.69, 9.17) is 6.42 Å². The summed E-state index contributed by atoms with van der Waals surface area (Å²) in [6.07, 6.45) is 13.4. The minimum Gasteiger partial charge on any atom is -0.356 e. The Morgan fingerprint density at radius 2 is 2.18 bits per heavy atom. The van der Waals surface area contributed by atoms with Crippen molar-refractivity contribution in [1.29, 1.82) is 0 Å². The van der Waals surface area contributed by atoms with Gasteiger partial charge in [-0.1, -0.05) is 13.3 Å². The van der Waals surface area contributed by atoms with Crippen LogP contribution < -0.4 is 10.6 Å². The van der Waals surface area contributed by atoms with Crippen LogP contribution in [0.1, 0.15) is 58.8 Å². The summed E-state index contributed by atoms with van der Waals surface area (Å²) in [7, 11) is 0. The zero-order chi connectivity index (χ0) is 16.4. The van der Waals surface area contributed by atoms with Gasteiger partial charge in [0.15, 0.2) is 0 Å². The van der Waals surface area contributed by atoms with E-state index < -0.39 is 0 Å². The predicted molar refractivity (Wildman–Crippen MR) is 89.0 cm³/mol. The molecule has 0 fully saturated rings. The Morgan fingerprint density at radius 1 is 1.41 bits per heavy atom. The zero-order valence-electron chi connectivity index (χ0n) is 13.8. The van der Waals surface area contributed by atoms with E-state index in [2.05, 4.69) is 16.6 Å². The van der Waals surface area contributed by atoms with E-state index in [1.54, 1.807) is 6.08 Å². The van der Waals surface area contributed by atoms with E-state index in [0.29, 0.717) is 6.54 Å². The smallest absolute Gasteiger partial charge is 0.244 e. The van der Waals surface area contributed by atoms with Crippen LogP contribution in [0.25, 0.3) is 0 Å². The van der Waals surface area contributed by atoms with Gasteiger partial charge in [-0.15, -0.1) is 12.3 Å². The maximum atomic E-state index is 11.9. The summed E-state index contributed by atoms with van der Waals surface area (Å²) >= 11 is 0. The molecule has 4 heteroatoms. The van der Waals surface area contributed by atoms with Gasteiger partial charge in [0.25, 0.3) is 0 Å². The third kappa shape index (κ3) is 6.80. The van der Waals surface area contributed by atoms with Crippen LogP contribution in [0.15, 0.2) is 11.6 Å². The highest BCUT2D eigenvalue weighted by molar-refractivity contribution is 5.91. The van der Waals surface area contributed by atoms with Crippen LogP contribution in [0.2, 0.25) is 0 Å². The first kappa shape index (κ1) is 18.3. The molecule has 0 aromatic rings. The standard InChI is InChI=1S/C18H28N2O2/c1-4-5-6-7-10-14(2)18(22)19-12-9-8-11-16-15(3)13-17(21)20-16/h1,13-14,16H,5-12H2,2-3H3,(H,19,22)(H,20,21)/t14-,16+/m1/s1. The SMILES string of the molecule is C#CCCCC[C@@H](C)C(=O)NCCCC[C@@H]1NC(=O)C=C1C. The number of carbonyl (C=O) groups excluding carboxylic acids is 2.